The van der Waals surface area contributed by atoms with Gasteiger partial charge in [-0.2, -0.15) is 0 Å². The van der Waals surface area contributed by atoms with E-state index in [2.05, 4.69) is 14.6 Å². The molecule has 30 heavy (non-hydrogen) atoms. The predicted molar refractivity (Wildman–Crippen MR) is 101 cm³/mol. The van der Waals surface area contributed by atoms with Crippen molar-refractivity contribution >= 4 is 32.9 Å². The summed E-state index contributed by atoms with van der Waals surface area (Å²) in [6.07, 6.45) is 2.00. The van der Waals surface area contributed by atoms with E-state index in [4.69, 9.17) is 0 Å². The van der Waals surface area contributed by atoms with Gasteiger partial charge in [-0.3, -0.25) is 0 Å². The zero-order chi connectivity index (χ0) is 21.3. The third kappa shape index (κ3) is 12.4. The van der Waals surface area contributed by atoms with Crippen molar-refractivity contribution in [1.29, 1.82) is 0 Å². The van der Waals surface area contributed by atoms with Crippen LogP contribution in [0.25, 0.3) is 10.9 Å². The van der Waals surface area contributed by atoms with Crippen LogP contribution in [-0.4, -0.2) is 57.9 Å². The zero-order valence-corrected chi connectivity index (χ0v) is 23.0. The average Bonchev–Trinajstić information content (AvgIpc) is 3.00. The number of nitrogens with zero attached hydrogens (tertiary/aromatic N) is 1. The summed E-state index contributed by atoms with van der Waals surface area (Å²) in [5.74, 6) is -2.72. The number of hydrogen-bond acceptors (Lipinski definition) is 7. The number of hydrogen-bond donors (Lipinski definition) is 2. The van der Waals surface area contributed by atoms with Crippen LogP contribution in [0.3, 0.4) is 0 Å². The molecule has 1 aromatic carbocycles. The van der Waals surface area contributed by atoms with E-state index >= 15 is 0 Å². The SMILES string of the molecule is CNS(=O)(=O)Cc1ccc2[nH]cc(CCN(C)C)c2c1.O=C([O-])CCC(=O)[O-].[Na+].[Na+]. The molecule has 0 amide bonds. The second-order valence-corrected chi connectivity index (χ2v) is 8.38. The molecular formula is C18H25N3Na2O6S. The van der Waals surface area contributed by atoms with Gasteiger partial charge in [0, 0.05) is 35.6 Å². The van der Waals surface area contributed by atoms with Crippen LogP contribution in [0, 0.1) is 0 Å². The molecule has 0 aliphatic rings. The Hall–Kier alpha value is -0.430. The minimum atomic E-state index is -3.23. The molecule has 156 valence electrons. The van der Waals surface area contributed by atoms with Crippen LogP contribution in [0.4, 0.5) is 0 Å². The minimum absolute atomic E-state index is 0. The van der Waals surface area contributed by atoms with Gasteiger partial charge < -0.3 is 29.7 Å². The number of carbonyl (C=O) groups excluding carboxylic acids is 2. The number of nitrogens with one attached hydrogen (secondary N) is 2. The summed E-state index contributed by atoms with van der Waals surface area (Å²) in [6.45, 7) is 0.964. The van der Waals surface area contributed by atoms with Gasteiger partial charge in [-0.05, 0) is 63.7 Å². The number of aliphatic carboxylic acids is 2. The van der Waals surface area contributed by atoms with E-state index < -0.39 is 34.8 Å². The molecule has 0 spiro atoms. The predicted octanol–water partition coefficient (Wildman–Crippen LogP) is -7.40. The number of carboxylic acid groups (broad SMARTS) is 2. The van der Waals surface area contributed by atoms with Crippen molar-refractivity contribution in [1.82, 2.24) is 14.6 Å². The number of aromatic amines is 1. The van der Waals surface area contributed by atoms with E-state index in [0.717, 1.165) is 29.4 Å². The molecule has 0 bridgehead atoms. The monoisotopic (exact) mass is 457 g/mol. The summed E-state index contributed by atoms with van der Waals surface area (Å²) in [6, 6.07) is 5.75. The number of carbonyl (C=O) groups is 2. The Morgan fingerprint density at radius 1 is 1.10 bits per heavy atom. The Bertz CT molecular complexity index is 902. The number of fused-ring (bicyclic) bond motifs is 1. The summed E-state index contributed by atoms with van der Waals surface area (Å²) >= 11 is 0. The maximum Gasteiger partial charge on any atom is 1.00 e. The van der Waals surface area contributed by atoms with Crippen molar-refractivity contribution in [2.45, 2.75) is 25.0 Å². The van der Waals surface area contributed by atoms with Crippen molar-refractivity contribution in [3.63, 3.8) is 0 Å². The van der Waals surface area contributed by atoms with Gasteiger partial charge in [-0.25, -0.2) is 13.1 Å². The molecule has 2 N–H and O–H groups in total. The van der Waals surface area contributed by atoms with Gasteiger partial charge in [0.15, 0.2) is 0 Å². The van der Waals surface area contributed by atoms with E-state index in [1.54, 1.807) is 0 Å². The topological polar surface area (TPSA) is 145 Å². The fourth-order valence-corrected chi connectivity index (χ4v) is 3.12. The molecule has 12 heteroatoms. The summed E-state index contributed by atoms with van der Waals surface area (Å²) < 4.78 is 25.6. The molecular weight excluding hydrogens is 432 g/mol. The van der Waals surface area contributed by atoms with Gasteiger partial charge in [-0.1, -0.05) is 6.07 Å². The molecule has 0 saturated carbocycles. The third-order valence-electron chi connectivity index (χ3n) is 3.86. The number of carboxylic acids is 2. The first-order valence-corrected chi connectivity index (χ1v) is 10.2. The maximum absolute atomic E-state index is 11.6. The summed E-state index contributed by atoms with van der Waals surface area (Å²) in [5, 5.41) is 20.1. The molecule has 0 aliphatic heterocycles. The van der Waals surface area contributed by atoms with Crippen molar-refractivity contribution in [2.75, 3.05) is 27.7 Å². The second-order valence-electron chi connectivity index (χ2n) is 6.45. The Morgan fingerprint density at radius 3 is 2.13 bits per heavy atom. The molecule has 0 radical (unpaired) electrons. The van der Waals surface area contributed by atoms with Crippen LogP contribution in [0.2, 0.25) is 0 Å². The summed E-state index contributed by atoms with van der Waals surface area (Å²) in [4.78, 5) is 24.4. The fraction of sp³-hybridized carbons (Fsp3) is 0.444. The van der Waals surface area contributed by atoms with Crippen LogP contribution in [-0.2, 0) is 31.8 Å². The Morgan fingerprint density at radius 2 is 1.67 bits per heavy atom. The number of likely N-dealkylation sites (N-methyl/N-ethyl adjacent to an activating group) is 1. The first-order valence-electron chi connectivity index (χ1n) is 8.58. The van der Waals surface area contributed by atoms with E-state index in [0.29, 0.717) is 0 Å². The van der Waals surface area contributed by atoms with Crippen molar-refractivity contribution in [3.05, 3.63) is 35.5 Å². The molecule has 2 rings (SSSR count). The number of benzene rings is 1. The standard InChI is InChI=1S/C14H21N3O2S.C4H6O4.2Na/c1-15-20(18,19)10-11-4-5-14-13(8-11)12(9-16-14)6-7-17(2)3;5-3(6)1-2-4(7)8;;/h4-5,8-9,15-16H,6-7,10H2,1-3H3;1-2H2,(H,5,6)(H,7,8);;/q;;2*+1/p-2. The molecule has 2 aromatic rings. The van der Waals surface area contributed by atoms with E-state index in [9.17, 15) is 28.2 Å². The first kappa shape index (κ1) is 31.8. The van der Waals surface area contributed by atoms with Gasteiger partial charge >= 0.3 is 59.1 Å². The van der Waals surface area contributed by atoms with Gasteiger partial charge in [0.25, 0.3) is 0 Å². The van der Waals surface area contributed by atoms with E-state index in [1.165, 1.54) is 12.6 Å². The zero-order valence-electron chi connectivity index (χ0n) is 18.1. The van der Waals surface area contributed by atoms with Crippen LogP contribution >= 0.6 is 0 Å². The van der Waals surface area contributed by atoms with Crippen molar-refractivity contribution in [3.8, 4) is 0 Å². The third-order valence-corrected chi connectivity index (χ3v) is 5.20. The van der Waals surface area contributed by atoms with Crippen LogP contribution in [0.15, 0.2) is 24.4 Å². The Kier molecular flexibility index (Phi) is 16.3. The molecule has 1 aromatic heterocycles. The Balaban J connectivity index is 0. The van der Waals surface area contributed by atoms with Crippen molar-refractivity contribution < 1.29 is 87.3 Å². The Labute approximate surface area is 221 Å². The van der Waals surface area contributed by atoms with Crippen LogP contribution in [0.1, 0.15) is 24.0 Å². The summed E-state index contributed by atoms with van der Waals surface area (Å²) in [7, 11) is 2.29. The minimum Gasteiger partial charge on any atom is -0.550 e. The number of aromatic nitrogens is 1. The molecule has 0 atom stereocenters. The van der Waals surface area contributed by atoms with Crippen LogP contribution < -0.4 is 74.0 Å². The molecule has 0 unspecified atom stereocenters. The molecule has 0 saturated heterocycles. The maximum atomic E-state index is 11.6. The van der Waals surface area contributed by atoms with E-state index in [1.807, 2.05) is 38.5 Å². The van der Waals surface area contributed by atoms with Gasteiger partial charge in [0.05, 0.1) is 5.75 Å². The van der Waals surface area contributed by atoms with Gasteiger partial charge in [0.2, 0.25) is 10.0 Å². The van der Waals surface area contributed by atoms with E-state index in [-0.39, 0.29) is 64.9 Å². The smallest absolute Gasteiger partial charge is 0.550 e. The largest absolute Gasteiger partial charge is 1.00 e. The van der Waals surface area contributed by atoms with Crippen molar-refractivity contribution in [2.24, 2.45) is 0 Å². The van der Waals surface area contributed by atoms with Gasteiger partial charge in [-0.15, -0.1) is 0 Å². The average molecular weight is 457 g/mol. The van der Waals surface area contributed by atoms with Gasteiger partial charge in [0.1, 0.15) is 0 Å². The fourth-order valence-electron chi connectivity index (χ4n) is 2.36. The van der Waals surface area contributed by atoms with Crippen LogP contribution in [0.5, 0.6) is 0 Å². The molecule has 1 heterocycles. The first-order chi connectivity index (χ1) is 13.0. The normalized spacial score (nSPS) is 10.5. The molecule has 9 nitrogen and oxygen atoms in total. The second kappa shape index (κ2) is 15.4. The quantitative estimate of drug-likeness (QED) is 0.356. The number of H-pyrrole nitrogens is 1. The number of sulfonamides is 1. The number of rotatable bonds is 9. The molecule has 0 fully saturated rings. The molecule has 0 aliphatic carbocycles. The summed E-state index contributed by atoms with van der Waals surface area (Å²) in [5.41, 5.74) is 3.07.